The van der Waals surface area contributed by atoms with Crippen LogP contribution in [0, 0.1) is 5.92 Å². The van der Waals surface area contributed by atoms with Gasteiger partial charge in [0.05, 0.1) is 26.3 Å². The van der Waals surface area contributed by atoms with Crippen LogP contribution in [0.1, 0.15) is 55.1 Å². The quantitative estimate of drug-likeness (QED) is 0.649. The number of carbonyl (C=O) groups excluding carboxylic acids is 2. The molecule has 0 saturated carbocycles. The highest BCUT2D eigenvalue weighted by molar-refractivity contribution is 7.89. The van der Waals surface area contributed by atoms with Gasteiger partial charge in [0.2, 0.25) is 0 Å². The van der Waals surface area contributed by atoms with Crippen LogP contribution in [0.25, 0.3) is 6.08 Å². The van der Waals surface area contributed by atoms with Crippen molar-refractivity contribution in [2.24, 2.45) is 5.92 Å². The number of nitrogens with one attached hydrogen (secondary N) is 1. The number of hydrogen-bond donors (Lipinski definition) is 1. The van der Waals surface area contributed by atoms with Crippen molar-refractivity contribution in [3.05, 3.63) is 87.4 Å². The highest BCUT2D eigenvalue weighted by Gasteiger charge is 2.35. The molecule has 3 aliphatic rings. The number of fused-ring (bicyclic) bond motifs is 2. The lowest BCUT2D eigenvalue weighted by atomic mass is 9.89. The normalized spacial score (nSPS) is 22.0. The van der Waals surface area contributed by atoms with Gasteiger partial charge in [-0.2, -0.15) is 0 Å². The Morgan fingerprint density at radius 1 is 1.20 bits per heavy atom. The van der Waals surface area contributed by atoms with Gasteiger partial charge in [0.25, 0.3) is 11.8 Å². The Hall–Kier alpha value is -3.25. The van der Waals surface area contributed by atoms with Crippen LogP contribution in [-0.2, 0) is 22.0 Å². The number of amides is 2. The first-order valence-corrected chi connectivity index (χ1v) is 13.4. The molecule has 1 N–H and O–H groups in total. The molecule has 6 heteroatoms. The lowest BCUT2D eigenvalue weighted by molar-refractivity contribution is -0.115. The number of anilines is 1. The standard InChI is InChI=1S/C29H30N2O3S/c1-4-31-24-17-23(14-15-25(24)35(34)26-11-7-8-18(2)27(26)29(31)33)28(32)30-19(3)21-13-12-20-9-5-6-10-22(20)16-21/h5-7,9-11,14-19H,4,8,12-13H2,1-3H3,(H,30,32)/t18?,19-,35?/m1/s1. The fourth-order valence-corrected chi connectivity index (χ4v) is 6.68. The van der Waals surface area contributed by atoms with Gasteiger partial charge in [-0.05, 0) is 80.0 Å². The molecule has 2 aromatic rings. The minimum atomic E-state index is -1.48. The molecule has 3 atom stereocenters. The SMILES string of the molecule is CCN1C(=O)C2=C(C=CCC2C)S(=O)c2ccc(C(=O)N[C@H](C)C3=Cc4ccccc4CC3)cc21. The molecule has 2 aromatic carbocycles. The maximum Gasteiger partial charge on any atom is 0.255 e. The predicted octanol–water partition coefficient (Wildman–Crippen LogP) is 5.16. The third-order valence-corrected chi connectivity index (χ3v) is 8.70. The van der Waals surface area contributed by atoms with E-state index in [1.54, 1.807) is 23.1 Å². The lowest BCUT2D eigenvalue weighted by Crippen LogP contribution is -2.36. The third-order valence-electron chi connectivity index (χ3n) is 7.20. The van der Waals surface area contributed by atoms with Crippen LogP contribution in [0.15, 0.2) is 75.6 Å². The average Bonchev–Trinajstić information content (AvgIpc) is 2.96. The molecule has 2 amide bonds. The highest BCUT2D eigenvalue weighted by atomic mass is 32.2. The molecular formula is C29H30N2O3S. The molecule has 5 nitrogen and oxygen atoms in total. The topological polar surface area (TPSA) is 66.5 Å². The Labute approximate surface area is 209 Å². The summed E-state index contributed by atoms with van der Waals surface area (Å²) < 4.78 is 13.5. The molecule has 180 valence electrons. The van der Waals surface area contributed by atoms with Crippen LogP contribution in [0.4, 0.5) is 5.69 Å². The number of nitrogens with zero attached hydrogens (tertiary/aromatic N) is 1. The summed E-state index contributed by atoms with van der Waals surface area (Å²) in [5, 5.41) is 3.12. The van der Waals surface area contributed by atoms with E-state index in [-0.39, 0.29) is 23.8 Å². The van der Waals surface area contributed by atoms with Gasteiger partial charge in [0, 0.05) is 23.7 Å². The van der Waals surface area contributed by atoms with E-state index in [0.717, 1.165) is 19.3 Å². The predicted molar refractivity (Wildman–Crippen MR) is 140 cm³/mol. The van der Waals surface area contributed by atoms with E-state index >= 15 is 0 Å². The van der Waals surface area contributed by atoms with Gasteiger partial charge < -0.3 is 10.2 Å². The minimum absolute atomic E-state index is 0.00679. The molecule has 2 unspecified atom stereocenters. The number of likely N-dealkylation sites (N-methyl/N-ethyl adjacent to an activating group) is 1. The van der Waals surface area contributed by atoms with Crippen molar-refractivity contribution in [3.8, 4) is 0 Å². The fraction of sp³-hybridized carbons (Fsp3) is 0.310. The van der Waals surface area contributed by atoms with E-state index < -0.39 is 10.8 Å². The van der Waals surface area contributed by atoms with Crippen LogP contribution in [-0.4, -0.2) is 28.6 Å². The second-order valence-corrected chi connectivity index (χ2v) is 10.8. The number of aryl methyl sites for hydroxylation is 1. The number of hydrogen-bond acceptors (Lipinski definition) is 3. The first-order valence-electron chi connectivity index (χ1n) is 12.3. The Morgan fingerprint density at radius 3 is 2.80 bits per heavy atom. The van der Waals surface area contributed by atoms with Crippen molar-refractivity contribution in [3.63, 3.8) is 0 Å². The van der Waals surface area contributed by atoms with E-state index in [2.05, 4.69) is 29.6 Å². The molecule has 0 radical (unpaired) electrons. The molecule has 5 rings (SSSR count). The average molecular weight is 487 g/mol. The summed E-state index contributed by atoms with van der Waals surface area (Å²) in [5.74, 6) is -0.319. The molecule has 0 bridgehead atoms. The number of benzene rings is 2. The maximum absolute atomic E-state index is 13.5. The summed E-state index contributed by atoms with van der Waals surface area (Å²) in [7, 11) is -1.48. The zero-order valence-electron chi connectivity index (χ0n) is 20.3. The van der Waals surface area contributed by atoms with Crippen LogP contribution in [0.2, 0.25) is 0 Å². The largest absolute Gasteiger partial charge is 0.346 e. The lowest BCUT2D eigenvalue weighted by Gasteiger charge is -2.25. The summed E-state index contributed by atoms with van der Waals surface area (Å²) in [4.78, 5) is 29.5. The van der Waals surface area contributed by atoms with Crippen molar-refractivity contribution in [1.82, 2.24) is 5.32 Å². The summed E-state index contributed by atoms with van der Waals surface area (Å²) in [6.07, 6.45) is 8.60. The Bertz CT molecular complexity index is 1340. The van der Waals surface area contributed by atoms with E-state index in [1.165, 1.54) is 16.7 Å². The third kappa shape index (κ3) is 4.20. The molecular weight excluding hydrogens is 456 g/mol. The Balaban J connectivity index is 1.43. The van der Waals surface area contributed by atoms with Crippen LogP contribution in [0.5, 0.6) is 0 Å². The van der Waals surface area contributed by atoms with Crippen LogP contribution >= 0.6 is 0 Å². The number of carbonyl (C=O) groups is 2. The van der Waals surface area contributed by atoms with E-state index in [9.17, 15) is 13.8 Å². The molecule has 0 fully saturated rings. The van der Waals surface area contributed by atoms with Gasteiger partial charge in [0.1, 0.15) is 0 Å². The minimum Gasteiger partial charge on any atom is -0.346 e. The highest BCUT2D eigenvalue weighted by Crippen LogP contribution is 2.39. The number of rotatable bonds is 4. The van der Waals surface area contributed by atoms with Gasteiger partial charge >= 0.3 is 0 Å². The molecule has 2 aliphatic carbocycles. The second-order valence-electron chi connectivity index (χ2n) is 9.43. The molecule has 35 heavy (non-hydrogen) atoms. The molecule has 1 heterocycles. The maximum atomic E-state index is 13.5. The van der Waals surface area contributed by atoms with Crippen LogP contribution in [0.3, 0.4) is 0 Å². The van der Waals surface area contributed by atoms with Gasteiger partial charge in [-0.25, -0.2) is 4.21 Å². The summed E-state index contributed by atoms with van der Waals surface area (Å²) in [6.45, 7) is 6.34. The first kappa shape index (κ1) is 23.5. The zero-order chi connectivity index (χ0) is 24.7. The summed E-state index contributed by atoms with van der Waals surface area (Å²) in [5.41, 5.74) is 5.36. The first-order chi connectivity index (χ1) is 16.9. The summed E-state index contributed by atoms with van der Waals surface area (Å²) >= 11 is 0. The number of allylic oxidation sites excluding steroid dienone is 2. The fourth-order valence-electron chi connectivity index (χ4n) is 5.19. The summed E-state index contributed by atoms with van der Waals surface area (Å²) in [6, 6.07) is 13.4. The smallest absolute Gasteiger partial charge is 0.255 e. The van der Waals surface area contributed by atoms with Gasteiger partial charge in [-0.15, -0.1) is 0 Å². The van der Waals surface area contributed by atoms with Crippen molar-refractivity contribution in [1.29, 1.82) is 0 Å². The van der Waals surface area contributed by atoms with Crippen molar-refractivity contribution in [2.45, 2.75) is 51.0 Å². The molecule has 0 spiro atoms. The van der Waals surface area contributed by atoms with Crippen molar-refractivity contribution < 1.29 is 13.8 Å². The van der Waals surface area contributed by atoms with Crippen LogP contribution < -0.4 is 10.2 Å². The van der Waals surface area contributed by atoms with E-state index in [4.69, 9.17) is 0 Å². The van der Waals surface area contributed by atoms with Crippen molar-refractivity contribution in [2.75, 3.05) is 11.4 Å². The molecule has 1 aliphatic heterocycles. The monoisotopic (exact) mass is 486 g/mol. The van der Waals surface area contributed by atoms with E-state index in [0.29, 0.717) is 33.2 Å². The Morgan fingerprint density at radius 2 is 2.00 bits per heavy atom. The Kier molecular flexibility index (Phi) is 6.32. The molecule has 0 aromatic heterocycles. The van der Waals surface area contributed by atoms with Gasteiger partial charge in [-0.1, -0.05) is 43.3 Å². The van der Waals surface area contributed by atoms with Crippen molar-refractivity contribution >= 4 is 34.4 Å². The van der Waals surface area contributed by atoms with Gasteiger partial charge in [0.15, 0.2) is 0 Å². The zero-order valence-corrected chi connectivity index (χ0v) is 21.2. The second kappa shape index (κ2) is 9.42. The molecule has 0 saturated heterocycles. The van der Waals surface area contributed by atoms with E-state index in [1.807, 2.05) is 39.0 Å². The van der Waals surface area contributed by atoms with Gasteiger partial charge in [-0.3, -0.25) is 9.59 Å².